The number of ether oxygens (including phenoxy) is 2. The Balaban J connectivity index is 1.93. The highest BCUT2D eigenvalue weighted by Gasteiger charge is 2.41. The van der Waals surface area contributed by atoms with Gasteiger partial charge in [-0.15, -0.1) is 0 Å². The minimum absolute atomic E-state index is 0.202. The quantitative estimate of drug-likeness (QED) is 0.717. The molecule has 4 nitrogen and oxygen atoms in total. The van der Waals surface area contributed by atoms with Crippen LogP contribution in [0.15, 0.2) is 11.6 Å². The van der Waals surface area contributed by atoms with Gasteiger partial charge in [-0.3, -0.25) is 4.79 Å². The minimum Gasteiger partial charge on any atom is -0.458 e. The van der Waals surface area contributed by atoms with Crippen LogP contribution in [-0.4, -0.2) is 30.1 Å². The van der Waals surface area contributed by atoms with Crippen LogP contribution in [0.5, 0.6) is 0 Å². The Morgan fingerprint density at radius 1 is 1.53 bits per heavy atom. The van der Waals surface area contributed by atoms with Gasteiger partial charge in [0.2, 0.25) is 0 Å². The lowest BCUT2D eigenvalue weighted by atomic mass is 9.92. The van der Waals surface area contributed by atoms with Gasteiger partial charge in [-0.25, -0.2) is 4.79 Å². The first-order valence-corrected chi connectivity index (χ1v) is 6.96. The molecule has 2 heterocycles. The maximum atomic E-state index is 11.9. The second-order valence-corrected chi connectivity index (χ2v) is 6.17. The molecule has 2 rings (SSSR count). The Kier molecular flexibility index (Phi) is 4.09. The maximum absolute atomic E-state index is 11.9. The van der Waals surface area contributed by atoms with Gasteiger partial charge in [0.1, 0.15) is 12.4 Å². The molecule has 0 N–H and O–H groups in total. The average molecular weight is 266 g/mol. The number of cyclic esters (lactones) is 1. The van der Waals surface area contributed by atoms with Crippen molar-refractivity contribution in [2.24, 2.45) is 5.92 Å². The monoisotopic (exact) mass is 266 g/mol. The predicted molar refractivity (Wildman–Crippen MR) is 70.6 cm³/mol. The zero-order valence-corrected chi connectivity index (χ0v) is 11.9. The SMILES string of the molecule is CC(C)CC(=O)CC1(C)CCC(C2=CCOC2=O)O1. The van der Waals surface area contributed by atoms with Gasteiger partial charge in [0.15, 0.2) is 0 Å². The molecular formula is C15H22O4. The van der Waals surface area contributed by atoms with Crippen molar-refractivity contribution in [2.75, 3.05) is 6.61 Å². The molecule has 0 aromatic rings. The van der Waals surface area contributed by atoms with E-state index in [2.05, 4.69) is 0 Å². The van der Waals surface area contributed by atoms with Gasteiger partial charge in [-0.1, -0.05) is 13.8 Å². The van der Waals surface area contributed by atoms with Crippen LogP contribution in [0.1, 0.15) is 46.5 Å². The van der Waals surface area contributed by atoms with Crippen LogP contribution in [0.2, 0.25) is 0 Å². The van der Waals surface area contributed by atoms with Crippen LogP contribution in [0.4, 0.5) is 0 Å². The summed E-state index contributed by atoms with van der Waals surface area (Å²) in [5.74, 6) is 0.338. The fourth-order valence-electron chi connectivity index (χ4n) is 2.83. The molecule has 0 aliphatic carbocycles. The number of hydrogen-bond acceptors (Lipinski definition) is 4. The van der Waals surface area contributed by atoms with Gasteiger partial charge < -0.3 is 9.47 Å². The molecule has 2 aliphatic heterocycles. The third-order valence-corrected chi connectivity index (χ3v) is 3.67. The summed E-state index contributed by atoms with van der Waals surface area (Å²) in [6.07, 6.45) is 4.21. The Hall–Kier alpha value is -1.16. The molecule has 2 unspecified atom stereocenters. The lowest BCUT2D eigenvalue weighted by molar-refractivity contribution is -0.137. The van der Waals surface area contributed by atoms with E-state index in [0.717, 1.165) is 12.8 Å². The smallest absolute Gasteiger partial charge is 0.336 e. The van der Waals surface area contributed by atoms with Crippen LogP contribution in [0.25, 0.3) is 0 Å². The van der Waals surface area contributed by atoms with Crippen LogP contribution < -0.4 is 0 Å². The standard InChI is InChI=1S/C15H22O4/c1-10(2)8-11(16)9-15(3)6-4-13(19-15)12-5-7-18-14(12)17/h5,10,13H,4,6-9H2,1-3H3. The number of ketones is 1. The molecule has 0 radical (unpaired) electrons. The van der Waals surface area contributed by atoms with Crippen molar-refractivity contribution in [2.45, 2.75) is 58.2 Å². The minimum atomic E-state index is -0.430. The summed E-state index contributed by atoms with van der Waals surface area (Å²) in [5, 5.41) is 0. The lowest BCUT2D eigenvalue weighted by Crippen LogP contribution is -2.30. The second kappa shape index (κ2) is 5.45. The third-order valence-electron chi connectivity index (χ3n) is 3.67. The molecule has 0 aromatic carbocycles. The summed E-state index contributed by atoms with van der Waals surface area (Å²) in [7, 11) is 0. The number of Topliss-reactive ketones (excluding diaryl/α,β-unsaturated/α-hetero) is 1. The van der Waals surface area contributed by atoms with Crippen LogP contribution in [-0.2, 0) is 19.1 Å². The highest BCUT2D eigenvalue weighted by molar-refractivity contribution is 5.91. The molecule has 1 fully saturated rings. The molecule has 0 bridgehead atoms. The summed E-state index contributed by atoms with van der Waals surface area (Å²) in [6.45, 7) is 6.39. The zero-order valence-electron chi connectivity index (χ0n) is 11.9. The normalized spacial score (nSPS) is 30.6. The molecule has 0 amide bonds. The second-order valence-electron chi connectivity index (χ2n) is 6.17. The van der Waals surface area contributed by atoms with Gasteiger partial charge in [0, 0.05) is 12.8 Å². The van der Waals surface area contributed by atoms with E-state index >= 15 is 0 Å². The highest BCUT2D eigenvalue weighted by Crippen LogP contribution is 2.37. The molecular weight excluding hydrogens is 244 g/mol. The van der Waals surface area contributed by atoms with Crippen molar-refractivity contribution in [3.63, 3.8) is 0 Å². The van der Waals surface area contributed by atoms with Gasteiger partial charge >= 0.3 is 5.97 Å². The van der Waals surface area contributed by atoms with Gasteiger partial charge in [-0.2, -0.15) is 0 Å². The Labute approximate surface area is 114 Å². The van der Waals surface area contributed by atoms with E-state index in [4.69, 9.17) is 9.47 Å². The van der Waals surface area contributed by atoms with E-state index < -0.39 is 5.60 Å². The van der Waals surface area contributed by atoms with Gasteiger partial charge in [0.25, 0.3) is 0 Å². The molecule has 4 heteroatoms. The van der Waals surface area contributed by atoms with E-state index in [-0.39, 0.29) is 17.9 Å². The van der Waals surface area contributed by atoms with E-state index in [0.29, 0.717) is 30.9 Å². The van der Waals surface area contributed by atoms with Crippen LogP contribution >= 0.6 is 0 Å². The number of carbonyl (C=O) groups is 2. The molecule has 2 aliphatic rings. The van der Waals surface area contributed by atoms with Gasteiger partial charge in [0.05, 0.1) is 17.3 Å². The molecule has 0 spiro atoms. The summed E-state index contributed by atoms with van der Waals surface area (Å²) >= 11 is 0. The predicted octanol–water partition coefficient (Wildman–Crippen LogP) is 2.41. The summed E-state index contributed by atoms with van der Waals surface area (Å²) in [6, 6.07) is 0. The fraction of sp³-hybridized carbons (Fsp3) is 0.733. The molecule has 2 atom stereocenters. The lowest BCUT2D eigenvalue weighted by Gasteiger charge is -2.24. The summed E-state index contributed by atoms with van der Waals surface area (Å²) in [4.78, 5) is 23.4. The van der Waals surface area contributed by atoms with Crippen molar-refractivity contribution in [3.8, 4) is 0 Å². The summed E-state index contributed by atoms with van der Waals surface area (Å²) in [5.41, 5.74) is 0.195. The topological polar surface area (TPSA) is 52.6 Å². The largest absolute Gasteiger partial charge is 0.458 e. The number of carbonyl (C=O) groups excluding carboxylic acids is 2. The van der Waals surface area contributed by atoms with E-state index in [9.17, 15) is 9.59 Å². The van der Waals surface area contributed by atoms with Gasteiger partial charge in [-0.05, 0) is 31.8 Å². The van der Waals surface area contributed by atoms with E-state index in [1.54, 1.807) is 6.08 Å². The van der Waals surface area contributed by atoms with Crippen molar-refractivity contribution < 1.29 is 19.1 Å². The molecule has 0 aromatic heterocycles. The van der Waals surface area contributed by atoms with Crippen LogP contribution in [0, 0.1) is 5.92 Å². The average Bonchev–Trinajstić information content (AvgIpc) is 2.83. The van der Waals surface area contributed by atoms with Crippen LogP contribution in [0.3, 0.4) is 0 Å². The van der Waals surface area contributed by atoms with Crippen molar-refractivity contribution in [1.29, 1.82) is 0 Å². The zero-order chi connectivity index (χ0) is 14.0. The first-order valence-electron chi connectivity index (χ1n) is 6.96. The van der Waals surface area contributed by atoms with E-state index in [1.807, 2.05) is 20.8 Å². The fourth-order valence-corrected chi connectivity index (χ4v) is 2.83. The van der Waals surface area contributed by atoms with E-state index in [1.165, 1.54) is 0 Å². The highest BCUT2D eigenvalue weighted by atomic mass is 16.5. The number of hydrogen-bond donors (Lipinski definition) is 0. The summed E-state index contributed by atoms with van der Waals surface area (Å²) < 4.78 is 10.9. The molecule has 1 saturated heterocycles. The first kappa shape index (κ1) is 14.3. The molecule has 0 saturated carbocycles. The Morgan fingerprint density at radius 3 is 2.84 bits per heavy atom. The number of esters is 1. The molecule has 19 heavy (non-hydrogen) atoms. The maximum Gasteiger partial charge on any atom is 0.336 e. The Morgan fingerprint density at radius 2 is 2.26 bits per heavy atom. The van der Waals surface area contributed by atoms with Crippen molar-refractivity contribution in [1.82, 2.24) is 0 Å². The third kappa shape index (κ3) is 3.44. The van der Waals surface area contributed by atoms with Crippen molar-refractivity contribution in [3.05, 3.63) is 11.6 Å². The first-order chi connectivity index (χ1) is 8.89. The molecule has 106 valence electrons. The Bertz CT molecular complexity index is 410. The number of rotatable bonds is 5. The van der Waals surface area contributed by atoms with Crippen molar-refractivity contribution >= 4 is 11.8 Å².